The van der Waals surface area contributed by atoms with E-state index in [-0.39, 0.29) is 0 Å². The number of rotatable bonds is 6. The van der Waals surface area contributed by atoms with Crippen LogP contribution in [0.2, 0.25) is 0 Å². The maximum Gasteiger partial charge on any atom is 0.00871 e. The summed E-state index contributed by atoms with van der Waals surface area (Å²) in [6.45, 7) is 10.3. The molecule has 0 aliphatic rings. The van der Waals surface area contributed by atoms with Gasteiger partial charge >= 0.3 is 0 Å². The van der Waals surface area contributed by atoms with Gasteiger partial charge in [0.05, 0.1) is 0 Å². The first-order chi connectivity index (χ1) is 7.09. The van der Waals surface area contributed by atoms with Gasteiger partial charge in [0, 0.05) is 10.9 Å². The van der Waals surface area contributed by atoms with Crippen LogP contribution in [0.25, 0.3) is 0 Å². The predicted octanol–water partition coefficient (Wildman–Crippen LogP) is 3.56. The van der Waals surface area contributed by atoms with E-state index in [1.54, 1.807) is 0 Å². The number of thiophene rings is 1. The summed E-state index contributed by atoms with van der Waals surface area (Å²) in [6.07, 6.45) is 1.16. The SMILES string of the molecule is CC(Cc1cccs1)NCC(C)C(C)C. The Morgan fingerprint density at radius 3 is 2.53 bits per heavy atom. The Kier molecular flexibility index (Phi) is 5.34. The lowest BCUT2D eigenvalue weighted by atomic mass is 9.98. The van der Waals surface area contributed by atoms with E-state index >= 15 is 0 Å². The molecule has 1 aromatic rings. The Hall–Kier alpha value is -0.340. The third-order valence-electron chi connectivity index (χ3n) is 3.01. The smallest absolute Gasteiger partial charge is 0.00871 e. The standard InChI is InChI=1S/C13H23NS/c1-10(2)11(3)9-14-12(4)8-13-6-5-7-15-13/h5-7,10-12,14H,8-9H2,1-4H3. The summed E-state index contributed by atoms with van der Waals surface area (Å²) in [5.41, 5.74) is 0. The first-order valence-corrected chi connectivity index (χ1v) is 6.73. The Labute approximate surface area is 97.9 Å². The first-order valence-electron chi connectivity index (χ1n) is 5.85. The molecule has 0 aromatic carbocycles. The second kappa shape index (κ2) is 6.29. The Morgan fingerprint density at radius 1 is 1.27 bits per heavy atom. The van der Waals surface area contributed by atoms with Gasteiger partial charge in [0.1, 0.15) is 0 Å². The Bertz CT molecular complexity index is 254. The van der Waals surface area contributed by atoms with Gasteiger partial charge in [-0.05, 0) is 43.2 Å². The Balaban J connectivity index is 2.22. The molecule has 0 radical (unpaired) electrons. The fraction of sp³-hybridized carbons (Fsp3) is 0.692. The van der Waals surface area contributed by atoms with Crippen molar-refractivity contribution < 1.29 is 0 Å². The molecular weight excluding hydrogens is 202 g/mol. The lowest BCUT2D eigenvalue weighted by molar-refractivity contribution is 0.373. The molecule has 2 heteroatoms. The minimum absolute atomic E-state index is 0.588. The second-order valence-corrected chi connectivity index (χ2v) is 5.85. The van der Waals surface area contributed by atoms with Gasteiger partial charge in [-0.3, -0.25) is 0 Å². The highest BCUT2D eigenvalue weighted by Crippen LogP contribution is 2.12. The summed E-state index contributed by atoms with van der Waals surface area (Å²) in [7, 11) is 0. The van der Waals surface area contributed by atoms with Crippen molar-refractivity contribution in [2.24, 2.45) is 11.8 Å². The zero-order valence-corrected chi connectivity index (χ0v) is 11.1. The van der Waals surface area contributed by atoms with E-state index in [9.17, 15) is 0 Å². The minimum atomic E-state index is 0.588. The van der Waals surface area contributed by atoms with Crippen molar-refractivity contribution in [3.8, 4) is 0 Å². The highest BCUT2D eigenvalue weighted by Gasteiger charge is 2.09. The second-order valence-electron chi connectivity index (χ2n) is 4.81. The van der Waals surface area contributed by atoms with Crippen molar-refractivity contribution in [2.45, 2.75) is 40.2 Å². The molecule has 1 nitrogen and oxygen atoms in total. The zero-order chi connectivity index (χ0) is 11.3. The van der Waals surface area contributed by atoms with Crippen LogP contribution in [0.4, 0.5) is 0 Å². The van der Waals surface area contributed by atoms with Gasteiger partial charge in [0.15, 0.2) is 0 Å². The molecule has 0 bridgehead atoms. The summed E-state index contributed by atoms with van der Waals surface area (Å²) in [5.74, 6) is 1.53. The van der Waals surface area contributed by atoms with E-state index in [2.05, 4.69) is 50.5 Å². The first kappa shape index (κ1) is 12.7. The molecule has 0 aliphatic heterocycles. The summed E-state index contributed by atoms with van der Waals surface area (Å²) >= 11 is 1.85. The van der Waals surface area contributed by atoms with Crippen molar-refractivity contribution >= 4 is 11.3 Å². The minimum Gasteiger partial charge on any atom is -0.314 e. The molecule has 0 aliphatic carbocycles. The van der Waals surface area contributed by atoms with Gasteiger partial charge in [-0.15, -0.1) is 11.3 Å². The zero-order valence-electron chi connectivity index (χ0n) is 10.3. The fourth-order valence-electron chi connectivity index (χ4n) is 1.43. The highest BCUT2D eigenvalue weighted by atomic mass is 32.1. The van der Waals surface area contributed by atoms with E-state index in [1.165, 1.54) is 4.88 Å². The van der Waals surface area contributed by atoms with Crippen LogP contribution in [-0.4, -0.2) is 12.6 Å². The van der Waals surface area contributed by atoms with Crippen molar-refractivity contribution in [2.75, 3.05) is 6.54 Å². The van der Waals surface area contributed by atoms with Crippen LogP contribution >= 0.6 is 11.3 Å². The maximum atomic E-state index is 3.61. The van der Waals surface area contributed by atoms with Gasteiger partial charge in [-0.1, -0.05) is 26.8 Å². The molecular formula is C13H23NS. The molecule has 1 rings (SSSR count). The summed E-state index contributed by atoms with van der Waals surface area (Å²) in [4.78, 5) is 1.48. The summed E-state index contributed by atoms with van der Waals surface area (Å²) < 4.78 is 0. The molecule has 1 heterocycles. The normalized spacial score (nSPS) is 15.5. The van der Waals surface area contributed by atoms with Crippen LogP contribution in [0.1, 0.15) is 32.6 Å². The van der Waals surface area contributed by atoms with Crippen molar-refractivity contribution in [3.05, 3.63) is 22.4 Å². The lowest BCUT2D eigenvalue weighted by Gasteiger charge is -2.19. The van der Waals surface area contributed by atoms with Crippen LogP contribution in [0, 0.1) is 11.8 Å². The maximum absolute atomic E-state index is 3.61. The van der Waals surface area contributed by atoms with Gasteiger partial charge < -0.3 is 5.32 Å². The third-order valence-corrected chi connectivity index (χ3v) is 3.91. The van der Waals surface area contributed by atoms with E-state index in [0.717, 1.165) is 24.8 Å². The molecule has 2 atom stereocenters. The van der Waals surface area contributed by atoms with Gasteiger partial charge in [0.2, 0.25) is 0 Å². The van der Waals surface area contributed by atoms with Crippen LogP contribution in [0.5, 0.6) is 0 Å². The molecule has 0 saturated carbocycles. The van der Waals surface area contributed by atoms with E-state index in [0.29, 0.717) is 6.04 Å². The van der Waals surface area contributed by atoms with Crippen molar-refractivity contribution in [3.63, 3.8) is 0 Å². The average Bonchev–Trinajstić information content (AvgIpc) is 2.66. The molecule has 2 unspecified atom stereocenters. The average molecular weight is 225 g/mol. The number of hydrogen-bond donors (Lipinski definition) is 1. The van der Waals surface area contributed by atoms with Gasteiger partial charge in [-0.2, -0.15) is 0 Å². The van der Waals surface area contributed by atoms with Crippen molar-refractivity contribution in [1.29, 1.82) is 0 Å². The molecule has 15 heavy (non-hydrogen) atoms. The topological polar surface area (TPSA) is 12.0 Å². The van der Waals surface area contributed by atoms with Crippen LogP contribution in [-0.2, 0) is 6.42 Å². The molecule has 0 fully saturated rings. The van der Waals surface area contributed by atoms with Gasteiger partial charge in [0.25, 0.3) is 0 Å². The quantitative estimate of drug-likeness (QED) is 0.780. The molecule has 86 valence electrons. The van der Waals surface area contributed by atoms with Crippen LogP contribution < -0.4 is 5.32 Å². The Morgan fingerprint density at radius 2 is 2.00 bits per heavy atom. The van der Waals surface area contributed by atoms with Crippen molar-refractivity contribution in [1.82, 2.24) is 5.32 Å². The van der Waals surface area contributed by atoms with E-state index in [1.807, 2.05) is 11.3 Å². The molecule has 0 amide bonds. The monoisotopic (exact) mass is 225 g/mol. The third kappa shape index (κ3) is 4.80. The predicted molar refractivity (Wildman–Crippen MR) is 69.5 cm³/mol. The fourth-order valence-corrected chi connectivity index (χ4v) is 2.26. The number of nitrogens with one attached hydrogen (secondary N) is 1. The summed E-state index contributed by atoms with van der Waals surface area (Å²) in [6, 6.07) is 4.93. The highest BCUT2D eigenvalue weighted by molar-refractivity contribution is 7.09. The number of hydrogen-bond acceptors (Lipinski definition) is 2. The van der Waals surface area contributed by atoms with E-state index in [4.69, 9.17) is 0 Å². The molecule has 0 spiro atoms. The largest absolute Gasteiger partial charge is 0.314 e. The summed E-state index contributed by atoms with van der Waals surface area (Å²) in [5, 5.41) is 5.76. The van der Waals surface area contributed by atoms with Crippen LogP contribution in [0.15, 0.2) is 17.5 Å². The molecule has 1 aromatic heterocycles. The molecule has 1 N–H and O–H groups in total. The molecule has 0 saturated heterocycles. The lowest BCUT2D eigenvalue weighted by Crippen LogP contribution is -2.33. The van der Waals surface area contributed by atoms with E-state index < -0.39 is 0 Å². The van der Waals surface area contributed by atoms with Gasteiger partial charge in [-0.25, -0.2) is 0 Å². The van der Waals surface area contributed by atoms with Crippen LogP contribution in [0.3, 0.4) is 0 Å².